The Bertz CT molecular complexity index is 756. The second-order valence-corrected chi connectivity index (χ2v) is 6.99. The van der Waals surface area contributed by atoms with E-state index in [4.69, 9.17) is 28.9 Å². The van der Waals surface area contributed by atoms with Gasteiger partial charge in [-0.05, 0) is 36.2 Å². The summed E-state index contributed by atoms with van der Waals surface area (Å²) >= 11 is 12.0. The highest BCUT2D eigenvalue weighted by atomic mass is 35.5. The van der Waals surface area contributed by atoms with E-state index >= 15 is 0 Å². The Labute approximate surface area is 133 Å². The molecule has 21 heavy (non-hydrogen) atoms. The molecule has 0 saturated carbocycles. The van der Waals surface area contributed by atoms with Crippen molar-refractivity contribution in [1.29, 1.82) is 0 Å². The van der Waals surface area contributed by atoms with Crippen LogP contribution in [0.15, 0.2) is 41.3 Å². The van der Waals surface area contributed by atoms with E-state index < -0.39 is 10.0 Å². The van der Waals surface area contributed by atoms with Crippen molar-refractivity contribution in [3.63, 3.8) is 0 Å². The molecule has 0 aliphatic carbocycles. The second-order valence-electron chi connectivity index (χ2n) is 4.49. The number of sulfonamides is 1. The van der Waals surface area contributed by atoms with Crippen LogP contribution in [0.25, 0.3) is 0 Å². The van der Waals surface area contributed by atoms with Gasteiger partial charge in [-0.3, -0.25) is 4.72 Å². The average molecular weight is 345 g/mol. The molecule has 0 bridgehead atoms. The van der Waals surface area contributed by atoms with Gasteiger partial charge in [-0.1, -0.05) is 41.4 Å². The zero-order chi connectivity index (χ0) is 15.6. The van der Waals surface area contributed by atoms with Gasteiger partial charge in [-0.15, -0.1) is 0 Å². The normalized spacial score (nSPS) is 11.4. The van der Waals surface area contributed by atoms with Crippen LogP contribution in [-0.2, 0) is 16.6 Å². The van der Waals surface area contributed by atoms with Crippen LogP contribution in [0, 0.1) is 6.92 Å². The molecule has 0 aliphatic heterocycles. The molecule has 0 heterocycles. The maximum absolute atomic E-state index is 12.4. The molecular weight excluding hydrogens is 331 g/mol. The highest BCUT2D eigenvalue weighted by Crippen LogP contribution is 2.29. The summed E-state index contributed by atoms with van der Waals surface area (Å²) in [6.45, 7) is 2.02. The molecule has 0 fully saturated rings. The van der Waals surface area contributed by atoms with Crippen molar-refractivity contribution in [2.24, 2.45) is 5.73 Å². The molecule has 0 radical (unpaired) electrons. The minimum atomic E-state index is -3.77. The Kier molecular flexibility index (Phi) is 4.78. The van der Waals surface area contributed by atoms with Gasteiger partial charge in [0, 0.05) is 11.6 Å². The first kappa shape index (κ1) is 16.1. The van der Waals surface area contributed by atoms with Gasteiger partial charge in [0.05, 0.1) is 15.6 Å². The van der Waals surface area contributed by atoms with Crippen LogP contribution in [0.1, 0.15) is 11.1 Å². The summed E-state index contributed by atoms with van der Waals surface area (Å²) in [6.07, 6.45) is 0. The minimum Gasteiger partial charge on any atom is -0.326 e. The van der Waals surface area contributed by atoms with Gasteiger partial charge in [0.1, 0.15) is 0 Å². The Morgan fingerprint density at radius 3 is 2.43 bits per heavy atom. The molecule has 0 atom stereocenters. The van der Waals surface area contributed by atoms with Crippen molar-refractivity contribution >= 4 is 38.9 Å². The van der Waals surface area contributed by atoms with Gasteiger partial charge < -0.3 is 5.73 Å². The van der Waals surface area contributed by atoms with E-state index in [9.17, 15) is 8.42 Å². The van der Waals surface area contributed by atoms with E-state index in [0.717, 1.165) is 5.56 Å². The van der Waals surface area contributed by atoms with Gasteiger partial charge in [0.15, 0.2) is 0 Å². The van der Waals surface area contributed by atoms with Gasteiger partial charge in [-0.2, -0.15) is 0 Å². The van der Waals surface area contributed by atoms with Gasteiger partial charge >= 0.3 is 0 Å². The molecule has 2 aromatic rings. The van der Waals surface area contributed by atoms with E-state index in [0.29, 0.717) is 21.3 Å². The summed E-state index contributed by atoms with van der Waals surface area (Å²) < 4.78 is 27.3. The smallest absolute Gasteiger partial charge is 0.262 e. The van der Waals surface area contributed by atoms with Crippen LogP contribution in [0.5, 0.6) is 0 Å². The first-order valence-electron chi connectivity index (χ1n) is 6.11. The zero-order valence-electron chi connectivity index (χ0n) is 11.2. The molecule has 2 aromatic carbocycles. The van der Waals surface area contributed by atoms with Gasteiger partial charge in [0.25, 0.3) is 10.0 Å². The Hall–Kier alpha value is -1.27. The summed E-state index contributed by atoms with van der Waals surface area (Å²) in [7, 11) is -3.77. The first-order chi connectivity index (χ1) is 9.85. The number of nitrogens with one attached hydrogen (secondary N) is 1. The third-order valence-electron chi connectivity index (χ3n) is 3.01. The molecule has 4 nitrogen and oxygen atoms in total. The fourth-order valence-corrected chi connectivity index (χ4v) is 3.64. The number of benzene rings is 2. The van der Waals surface area contributed by atoms with Gasteiger partial charge in [0.2, 0.25) is 0 Å². The lowest BCUT2D eigenvalue weighted by Crippen LogP contribution is -2.14. The molecule has 2 rings (SSSR count). The molecule has 0 aliphatic rings. The number of para-hydroxylation sites is 1. The number of halogens is 2. The summed E-state index contributed by atoms with van der Waals surface area (Å²) in [5.41, 5.74) is 7.28. The summed E-state index contributed by atoms with van der Waals surface area (Å²) in [5, 5.41) is 0.652. The lowest BCUT2D eigenvalue weighted by atomic mass is 10.2. The largest absolute Gasteiger partial charge is 0.326 e. The second kappa shape index (κ2) is 6.23. The van der Waals surface area contributed by atoms with E-state index in [1.165, 1.54) is 12.1 Å². The number of nitrogens with two attached hydrogens (primary N) is 1. The molecular formula is C14H14Cl2N2O2S. The number of aryl methyl sites for hydroxylation is 1. The van der Waals surface area contributed by atoms with Crippen molar-refractivity contribution < 1.29 is 8.42 Å². The summed E-state index contributed by atoms with van der Waals surface area (Å²) in [5.74, 6) is 0. The summed E-state index contributed by atoms with van der Waals surface area (Å²) in [6, 6.07) is 9.57. The van der Waals surface area contributed by atoms with E-state index in [1.807, 2.05) is 0 Å². The van der Waals surface area contributed by atoms with E-state index in [1.54, 1.807) is 31.2 Å². The highest BCUT2D eigenvalue weighted by Gasteiger charge is 2.18. The Morgan fingerprint density at radius 2 is 1.86 bits per heavy atom. The van der Waals surface area contributed by atoms with E-state index in [-0.39, 0.29) is 11.4 Å². The molecule has 0 aromatic heterocycles. The zero-order valence-corrected chi connectivity index (χ0v) is 13.6. The van der Waals surface area contributed by atoms with Crippen LogP contribution in [-0.4, -0.2) is 8.42 Å². The Morgan fingerprint density at radius 1 is 1.14 bits per heavy atom. The number of rotatable bonds is 4. The summed E-state index contributed by atoms with van der Waals surface area (Å²) in [4.78, 5) is 0.0593. The highest BCUT2D eigenvalue weighted by molar-refractivity contribution is 7.92. The lowest BCUT2D eigenvalue weighted by molar-refractivity contribution is 0.601. The molecule has 0 spiro atoms. The monoisotopic (exact) mass is 344 g/mol. The third kappa shape index (κ3) is 3.49. The van der Waals surface area contributed by atoms with Crippen molar-refractivity contribution in [2.75, 3.05) is 4.72 Å². The van der Waals surface area contributed by atoms with Crippen molar-refractivity contribution in [3.05, 3.63) is 57.6 Å². The maximum Gasteiger partial charge on any atom is 0.262 e. The fraction of sp³-hybridized carbons (Fsp3) is 0.143. The molecule has 0 amide bonds. The predicted octanol–water partition coefficient (Wildman–Crippen LogP) is 3.56. The molecule has 0 unspecified atom stereocenters. The maximum atomic E-state index is 12.4. The molecule has 0 saturated heterocycles. The van der Waals surface area contributed by atoms with Crippen LogP contribution in [0.2, 0.25) is 10.0 Å². The van der Waals surface area contributed by atoms with Crippen LogP contribution in [0.3, 0.4) is 0 Å². The van der Waals surface area contributed by atoms with Crippen molar-refractivity contribution in [3.8, 4) is 0 Å². The number of hydrogen-bond acceptors (Lipinski definition) is 3. The van der Waals surface area contributed by atoms with Crippen molar-refractivity contribution in [2.45, 2.75) is 18.4 Å². The first-order valence-corrected chi connectivity index (χ1v) is 8.35. The SMILES string of the molecule is Cc1cccc(Cl)c1NS(=O)(=O)c1ccc(CN)c(Cl)c1. The molecule has 112 valence electrons. The third-order valence-corrected chi connectivity index (χ3v) is 5.03. The molecule has 3 N–H and O–H groups in total. The predicted molar refractivity (Wildman–Crippen MR) is 86.3 cm³/mol. The van der Waals surface area contributed by atoms with Gasteiger partial charge in [-0.25, -0.2) is 8.42 Å². The molecule has 7 heteroatoms. The van der Waals surface area contributed by atoms with E-state index in [2.05, 4.69) is 4.72 Å². The number of hydrogen-bond donors (Lipinski definition) is 2. The standard InChI is InChI=1S/C14H14Cl2N2O2S/c1-9-3-2-4-12(15)14(9)18-21(19,20)11-6-5-10(8-17)13(16)7-11/h2-7,18H,8,17H2,1H3. The van der Waals surface area contributed by atoms with Crippen LogP contribution < -0.4 is 10.5 Å². The lowest BCUT2D eigenvalue weighted by Gasteiger charge is -2.13. The van der Waals surface area contributed by atoms with Crippen molar-refractivity contribution in [1.82, 2.24) is 0 Å². The van der Waals surface area contributed by atoms with Crippen LogP contribution >= 0.6 is 23.2 Å². The Balaban J connectivity index is 2.41. The average Bonchev–Trinajstić information content (AvgIpc) is 2.43. The number of anilines is 1. The topological polar surface area (TPSA) is 72.2 Å². The van der Waals surface area contributed by atoms with Crippen LogP contribution in [0.4, 0.5) is 5.69 Å². The quantitative estimate of drug-likeness (QED) is 0.890. The minimum absolute atomic E-state index is 0.0593. The fourth-order valence-electron chi connectivity index (χ4n) is 1.82.